The molecule has 1 aliphatic rings. The second kappa shape index (κ2) is 7.66. The van der Waals surface area contributed by atoms with E-state index in [9.17, 15) is 4.79 Å². The Bertz CT molecular complexity index is 947. The van der Waals surface area contributed by atoms with Crippen LogP contribution in [0, 0.1) is 6.92 Å². The van der Waals surface area contributed by atoms with Gasteiger partial charge in [0.15, 0.2) is 5.69 Å². The second-order valence-electron chi connectivity index (χ2n) is 6.74. The zero-order valence-electron chi connectivity index (χ0n) is 15.4. The molecule has 27 heavy (non-hydrogen) atoms. The van der Waals surface area contributed by atoms with Crippen LogP contribution in [0.4, 0.5) is 0 Å². The topological polar surface area (TPSA) is 56.2 Å². The fourth-order valence-corrected chi connectivity index (χ4v) is 3.55. The van der Waals surface area contributed by atoms with Gasteiger partial charge < -0.3 is 10.1 Å². The van der Waals surface area contributed by atoms with Crippen LogP contribution in [0.3, 0.4) is 0 Å². The number of benzene rings is 2. The highest BCUT2D eigenvalue weighted by Gasteiger charge is 2.27. The lowest BCUT2D eigenvalue weighted by Gasteiger charge is -2.08. The summed E-state index contributed by atoms with van der Waals surface area (Å²) in [6.07, 6.45) is 2.93. The van der Waals surface area contributed by atoms with Gasteiger partial charge in [-0.2, -0.15) is 5.10 Å². The number of aromatic nitrogens is 2. The molecule has 0 saturated heterocycles. The molecule has 1 aromatic heterocycles. The summed E-state index contributed by atoms with van der Waals surface area (Å²) in [6.45, 7) is 2.94. The lowest BCUT2D eigenvalue weighted by atomic mass is 10.2. The first-order valence-corrected chi connectivity index (χ1v) is 9.37. The number of para-hydroxylation sites is 2. The van der Waals surface area contributed by atoms with Crippen molar-refractivity contribution < 1.29 is 9.53 Å². The Morgan fingerprint density at radius 3 is 2.70 bits per heavy atom. The number of aryl methyl sites for hydroxylation is 1. The molecule has 5 nitrogen and oxygen atoms in total. The molecular formula is C22H23N3O2. The van der Waals surface area contributed by atoms with E-state index in [1.165, 1.54) is 0 Å². The largest absolute Gasteiger partial charge is 0.492 e. The van der Waals surface area contributed by atoms with Gasteiger partial charge in [0.25, 0.3) is 5.91 Å². The second-order valence-corrected chi connectivity index (χ2v) is 6.74. The Balaban J connectivity index is 1.46. The van der Waals surface area contributed by atoms with Crippen molar-refractivity contribution in [2.24, 2.45) is 0 Å². The number of nitrogens with one attached hydrogen (secondary N) is 1. The molecule has 5 heteroatoms. The van der Waals surface area contributed by atoms with E-state index in [0.29, 0.717) is 18.8 Å². The summed E-state index contributed by atoms with van der Waals surface area (Å²) in [7, 11) is 0. The predicted molar refractivity (Wildman–Crippen MR) is 105 cm³/mol. The Hall–Kier alpha value is -3.08. The van der Waals surface area contributed by atoms with Crippen LogP contribution in [-0.2, 0) is 12.8 Å². The smallest absolute Gasteiger partial charge is 0.272 e. The van der Waals surface area contributed by atoms with Gasteiger partial charge in [0.05, 0.1) is 12.2 Å². The van der Waals surface area contributed by atoms with Crippen molar-refractivity contribution >= 4 is 5.91 Å². The first kappa shape index (κ1) is 17.3. The highest BCUT2D eigenvalue weighted by molar-refractivity contribution is 5.94. The summed E-state index contributed by atoms with van der Waals surface area (Å²) in [5.41, 5.74) is 4.99. The van der Waals surface area contributed by atoms with Gasteiger partial charge in [-0.15, -0.1) is 0 Å². The standard InChI is InChI=1S/C22H23N3O2/c1-16-8-5-6-12-19(16)25-20-13-7-11-18(20)21(24-25)22(26)23-14-15-27-17-9-3-2-4-10-17/h2-6,8-10,12H,7,11,13-15H2,1H3,(H,23,26). The van der Waals surface area contributed by atoms with Gasteiger partial charge in [-0.05, 0) is 49.9 Å². The summed E-state index contributed by atoms with van der Waals surface area (Å²) in [4.78, 5) is 12.7. The van der Waals surface area contributed by atoms with Crippen LogP contribution in [0.1, 0.15) is 33.7 Å². The maximum absolute atomic E-state index is 12.7. The molecule has 0 spiro atoms. The van der Waals surface area contributed by atoms with E-state index >= 15 is 0 Å². The molecule has 0 saturated carbocycles. The molecule has 138 valence electrons. The number of hydrogen-bond donors (Lipinski definition) is 1. The number of hydrogen-bond acceptors (Lipinski definition) is 3. The Kier molecular flexibility index (Phi) is 4.92. The van der Waals surface area contributed by atoms with Gasteiger partial charge in [-0.25, -0.2) is 4.68 Å². The highest BCUT2D eigenvalue weighted by atomic mass is 16.5. The molecule has 0 fully saturated rings. The average molecular weight is 361 g/mol. The molecule has 1 N–H and O–H groups in total. The maximum Gasteiger partial charge on any atom is 0.272 e. The Labute approximate surface area is 159 Å². The van der Waals surface area contributed by atoms with E-state index in [2.05, 4.69) is 29.5 Å². The van der Waals surface area contributed by atoms with Crippen molar-refractivity contribution in [2.75, 3.05) is 13.2 Å². The molecule has 0 atom stereocenters. The summed E-state index contributed by atoms with van der Waals surface area (Å²) < 4.78 is 7.59. The van der Waals surface area contributed by atoms with Crippen LogP contribution in [0.15, 0.2) is 54.6 Å². The number of carbonyl (C=O) groups excluding carboxylic acids is 1. The van der Waals surface area contributed by atoms with E-state index in [0.717, 1.165) is 47.5 Å². The first-order chi connectivity index (χ1) is 13.2. The van der Waals surface area contributed by atoms with Crippen molar-refractivity contribution in [1.82, 2.24) is 15.1 Å². The molecule has 1 aliphatic carbocycles. The zero-order valence-corrected chi connectivity index (χ0v) is 15.4. The van der Waals surface area contributed by atoms with E-state index in [1.807, 2.05) is 47.1 Å². The zero-order chi connectivity index (χ0) is 18.6. The number of amides is 1. The molecule has 1 amide bonds. The van der Waals surface area contributed by atoms with Crippen LogP contribution in [0.25, 0.3) is 5.69 Å². The third kappa shape index (κ3) is 3.58. The molecule has 0 radical (unpaired) electrons. The van der Waals surface area contributed by atoms with Crippen LogP contribution in [0.5, 0.6) is 5.75 Å². The summed E-state index contributed by atoms with van der Waals surface area (Å²) in [5, 5.41) is 7.60. The SMILES string of the molecule is Cc1ccccc1-n1nc(C(=O)NCCOc2ccccc2)c2c1CCC2. The monoisotopic (exact) mass is 361 g/mol. The van der Waals surface area contributed by atoms with Crippen molar-refractivity contribution in [3.05, 3.63) is 77.1 Å². The number of carbonyl (C=O) groups is 1. The van der Waals surface area contributed by atoms with Crippen molar-refractivity contribution in [1.29, 1.82) is 0 Å². The van der Waals surface area contributed by atoms with Crippen molar-refractivity contribution in [3.63, 3.8) is 0 Å². The third-order valence-electron chi connectivity index (χ3n) is 4.89. The van der Waals surface area contributed by atoms with Crippen LogP contribution >= 0.6 is 0 Å². The van der Waals surface area contributed by atoms with E-state index in [4.69, 9.17) is 4.74 Å². The number of ether oxygens (including phenoxy) is 1. The molecular weight excluding hydrogens is 338 g/mol. The van der Waals surface area contributed by atoms with E-state index < -0.39 is 0 Å². The molecule has 0 aliphatic heterocycles. The van der Waals surface area contributed by atoms with Crippen LogP contribution in [0.2, 0.25) is 0 Å². The lowest BCUT2D eigenvalue weighted by molar-refractivity contribution is 0.0940. The van der Waals surface area contributed by atoms with E-state index in [1.54, 1.807) is 0 Å². The van der Waals surface area contributed by atoms with Crippen LogP contribution < -0.4 is 10.1 Å². The quantitative estimate of drug-likeness (QED) is 0.684. The fraction of sp³-hybridized carbons (Fsp3) is 0.273. The predicted octanol–water partition coefficient (Wildman–Crippen LogP) is 3.48. The van der Waals surface area contributed by atoms with E-state index in [-0.39, 0.29) is 5.91 Å². The number of nitrogens with zero attached hydrogens (tertiary/aromatic N) is 2. The Morgan fingerprint density at radius 1 is 1.11 bits per heavy atom. The van der Waals surface area contributed by atoms with Gasteiger partial charge in [0.2, 0.25) is 0 Å². The molecule has 3 aromatic rings. The minimum atomic E-state index is -0.128. The summed E-state index contributed by atoms with van der Waals surface area (Å²) in [5.74, 6) is 0.675. The molecule has 4 rings (SSSR count). The average Bonchev–Trinajstić information content (AvgIpc) is 3.29. The Morgan fingerprint density at radius 2 is 1.89 bits per heavy atom. The summed E-state index contributed by atoms with van der Waals surface area (Å²) >= 11 is 0. The van der Waals surface area contributed by atoms with Gasteiger partial charge >= 0.3 is 0 Å². The van der Waals surface area contributed by atoms with Crippen LogP contribution in [-0.4, -0.2) is 28.8 Å². The maximum atomic E-state index is 12.7. The highest BCUT2D eigenvalue weighted by Crippen LogP contribution is 2.28. The number of rotatable bonds is 6. The summed E-state index contributed by atoms with van der Waals surface area (Å²) in [6, 6.07) is 17.7. The lowest BCUT2D eigenvalue weighted by Crippen LogP contribution is -2.29. The van der Waals surface area contributed by atoms with Gasteiger partial charge in [-0.3, -0.25) is 4.79 Å². The molecule has 2 aromatic carbocycles. The molecule has 0 bridgehead atoms. The fourth-order valence-electron chi connectivity index (χ4n) is 3.55. The van der Waals surface area contributed by atoms with Gasteiger partial charge in [-0.1, -0.05) is 36.4 Å². The minimum Gasteiger partial charge on any atom is -0.492 e. The van der Waals surface area contributed by atoms with Gasteiger partial charge in [0.1, 0.15) is 12.4 Å². The number of fused-ring (bicyclic) bond motifs is 1. The normalized spacial score (nSPS) is 12.6. The molecule has 0 unspecified atom stereocenters. The van der Waals surface area contributed by atoms with Gasteiger partial charge in [0, 0.05) is 11.3 Å². The van der Waals surface area contributed by atoms with Crippen molar-refractivity contribution in [3.8, 4) is 11.4 Å². The molecule has 1 heterocycles. The van der Waals surface area contributed by atoms with Crippen molar-refractivity contribution in [2.45, 2.75) is 26.2 Å². The minimum absolute atomic E-state index is 0.128. The first-order valence-electron chi connectivity index (χ1n) is 9.37. The third-order valence-corrected chi connectivity index (χ3v) is 4.89.